The lowest BCUT2D eigenvalue weighted by Gasteiger charge is -2.20. The van der Waals surface area contributed by atoms with Gasteiger partial charge in [-0.1, -0.05) is 45.8 Å². The average molecular weight is 792 g/mol. The monoisotopic (exact) mass is 791 g/mol. The molecule has 0 fully saturated rings. The minimum atomic E-state index is -0.541. The Bertz CT molecular complexity index is 1970. The summed E-state index contributed by atoms with van der Waals surface area (Å²) in [4.78, 5) is 12.4. The fourth-order valence-corrected chi connectivity index (χ4v) is 6.66. The van der Waals surface area contributed by atoms with E-state index in [-0.39, 0.29) is 20.6 Å². The molecule has 2 aliphatic rings. The van der Waals surface area contributed by atoms with Crippen molar-refractivity contribution in [1.29, 1.82) is 1.28 Å². The summed E-state index contributed by atoms with van der Waals surface area (Å²) in [6, 6.07) is 19.3. The predicted molar refractivity (Wildman–Crippen MR) is 229 cm³/mol. The van der Waals surface area contributed by atoms with Crippen LogP contribution in [0.25, 0.3) is 11.1 Å². The van der Waals surface area contributed by atoms with Crippen molar-refractivity contribution in [1.82, 2.24) is 0 Å². The van der Waals surface area contributed by atoms with Gasteiger partial charge in [-0.15, -0.1) is 9.18 Å². The molecule has 4 aromatic rings. The lowest BCUT2D eigenvalue weighted by Crippen LogP contribution is -2.04. The molecule has 0 radical (unpaired) electrons. The fraction of sp³-hybridized carbons (Fsp3) is 0.356. The number of aliphatic hydroxyl groups is 1. The Morgan fingerprint density at radius 3 is 1.41 bits per heavy atom. The number of rotatable bonds is 10. The van der Waals surface area contributed by atoms with E-state index in [1.807, 2.05) is 73.4 Å². The summed E-state index contributed by atoms with van der Waals surface area (Å²) < 4.78 is 50.0. The molecule has 0 aromatic heterocycles. The van der Waals surface area contributed by atoms with Crippen LogP contribution < -0.4 is 37.9 Å². The Labute approximate surface area is 336 Å². The number of carbonyl (C=O) groups is 1. The zero-order valence-electron chi connectivity index (χ0n) is 33.5. The van der Waals surface area contributed by atoms with Crippen LogP contribution >= 0.6 is 9.18 Å². The maximum absolute atomic E-state index is 12.4. The number of fused-ring (bicyclic) bond motifs is 2. The summed E-state index contributed by atoms with van der Waals surface area (Å²) in [5, 5.41) is 10.4. The number of ether oxygens (including phenoxy) is 8. The average Bonchev–Trinajstić information content (AvgIpc) is 3.50. The van der Waals surface area contributed by atoms with Crippen LogP contribution in [0, 0.1) is 0 Å². The minimum Gasteiger partial charge on any atom is -0.497 e. The van der Waals surface area contributed by atoms with Gasteiger partial charge in [0, 0.05) is 17.5 Å². The second-order valence-corrected chi connectivity index (χ2v) is 12.0. The van der Waals surface area contributed by atoms with Gasteiger partial charge in [0.1, 0.15) is 11.5 Å². The summed E-state index contributed by atoms with van der Waals surface area (Å²) in [5.41, 5.74) is 7.52. The Morgan fingerprint density at radius 2 is 1.00 bits per heavy atom. The van der Waals surface area contributed by atoms with Crippen LogP contribution in [0.1, 0.15) is 61.1 Å². The van der Waals surface area contributed by atoms with E-state index in [1.165, 1.54) is 0 Å². The second-order valence-electron chi connectivity index (χ2n) is 12.0. The Morgan fingerprint density at radius 1 is 0.589 bits per heavy atom. The minimum absolute atomic E-state index is 0. The largest absolute Gasteiger partial charge is 0.497 e. The molecule has 2 atom stereocenters. The highest BCUT2D eigenvalue weighted by atomic mass is 31.0. The molecule has 0 bridgehead atoms. The van der Waals surface area contributed by atoms with Crippen molar-refractivity contribution in [2.75, 3.05) is 63.5 Å². The first-order valence-corrected chi connectivity index (χ1v) is 18.3. The van der Waals surface area contributed by atoms with E-state index in [9.17, 15) is 9.90 Å². The van der Waals surface area contributed by atoms with Gasteiger partial charge < -0.3 is 43.0 Å². The van der Waals surface area contributed by atoms with Crippen molar-refractivity contribution in [2.45, 2.75) is 46.6 Å². The molecule has 0 saturated carbocycles. The first-order valence-electron chi connectivity index (χ1n) is 17.8. The molecule has 4 aromatic carbocycles. The standard InChI is InChI=1S/C21H24O5.C21H22O5.CH5P.2CH4/c2*1-23-15-8-5-13(6-9-15)17-11-14(22)7-10-16-18(17)12-19(24-2)21(26-4)20(16)25-3;1-2;;/h5-6,8-9,11-12,14,22H,7,10H2,1-4H3;5-6,8-9,11-12H,7,10H2,1-4H3;2H2,1H3;2*1H4/i;;2D;;. The molecule has 0 amide bonds. The van der Waals surface area contributed by atoms with Crippen LogP contribution in [0.4, 0.5) is 0 Å². The molecule has 10 nitrogen and oxygen atoms in total. The number of benzene rings is 4. The second kappa shape index (κ2) is 22.4. The maximum atomic E-state index is 12.4. The highest BCUT2D eigenvalue weighted by Crippen LogP contribution is 2.48. The highest BCUT2D eigenvalue weighted by Gasteiger charge is 2.27. The van der Waals surface area contributed by atoms with Crippen LogP contribution in [0.3, 0.4) is 0 Å². The number of aliphatic hydroxyl groups excluding tert-OH is 1. The Hall–Kier alpha value is -5.18. The normalized spacial score (nSPS) is 14.3. The smallest absolute Gasteiger partial charge is 0.203 e. The molecule has 11 heteroatoms. The molecule has 2 aliphatic carbocycles. The Balaban J connectivity index is 0.000000356. The fourth-order valence-electron chi connectivity index (χ4n) is 6.66. The van der Waals surface area contributed by atoms with Crippen LogP contribution in [-0.2, 0) is 17.6 Å². The lowest BCUT2D eigenvalue weighted by atomic mass is 9.92. The molecule has 304 valence electrons. The van der Waals surface area contributed by atoms with Crippen molar-refractivity contribution >= 4 is 26.1 Å². The van der Waals surface area contributed by atoms with Crippen LogP contribution in [-0.4, -0.2) is 81.8 Å². The summed E-state index contributed by atoms with van der Waals surface area (Å²) in [6.07, 6.45) is 5.32. The van der Waals surface area contributed by atoms with Gasteiger partial charge in [-0.3, -0.25) is 4.79 Å². The number of hydrogen-bond acceptors (Lipinski definition) is 10. The SMILES string of the molecule is C.C.COc1ccc(C2=CC(=O)CCc3c2cc(OC)c(OC)c3OC)cc1.COc1ccc(C2=CC(O)CCc3c2cc(OC)c(OC)c3OC)cc1.[2H]PC. The number of methoxy groups -OCH3 is 8. The molecule has 0 aliphatic heterocycles. The van der Waals surface area contributed by atoms with Gasteiger partial charge >= 0.3 is 0 Å². The molecule has 0 saturated heterocycles. The zero-order chi connectivity index (χ0) is 40.1. The summed E-state index contributed by atoms with van der Waals surface area (Å²) in [5.74, 6) is 5.15. The molecule has 1 N–H and O–H groups in total. The van der Waals surface area contributed by atoms with E-state index >= 15 is 0 Å². The van der Waals surface area contributed by atoms with E-state index < -0.39 is 6.10 Å². The van der Waals surface area contributed by atoms with E-state index in [2.05, 4.69) is 0 Å². The van der Waals surface area contributed by atoms with E-state index in [1.54, 1.807) is 63.0 Å². The topological polar surface area (TPSA) is 111 Å². The third-order valence-electron chi connectivity index (χ3n) is 9.22. The van der Waals surface area contributed by atoms with E-state index in [4.69, 9.17) is 39.2 Å². The van der Waals surface area contributed by atoms with Crippen LogP contribution in [0.2, 0.25) is 0 Å². The quantitative estimate of drug-likeness (QED) is 0.156. The van der Waals surface area contributed by atoms with Crippen molar-refractivity contribution in [3.63, 3.8) is 0 Å². The summed E-state index contributed by atoms with van der Waals surface area (Å²) in [6.45, 7) is 1.82. The number of carbonyl (C=O) groups excluding carboxylic acids is 1. The molecule has 0 spiro atoms. The molecule has 2 unspecified atom stereocenters. The predicted octanol–water partition coefficient (Wildman–Crippen LogP) is 8.89. The van der Waals surface area contributed by atoms with Gasteiger partial charge in [-0.05, 0) is 101 Å². The zero-order valence-corrected chi connectivity index (χ0v) is 33.5. The van der Waals surface area contributed by atoms with Crippen molar-refractivity contribution in [3.8, 4) is 46.0 Å². The molecule has 6 rings (SSSR count). The number of ketones is 1. The van der Waals surface area contributed by atoms with E-state index in [0.717, 1.165) is 56.0 Å². The van der Waals surface area contributed by atoms with Crippen molar-refractivity contribution in [3.05, 3.63) is 106 Å². The van der Waals surface area contributed by atoms with Gasteiger partial charge in [0.05, 0.1) is 64.3 Å². The first kappa shape index (κ1) is 45.2. The van der Waals surface area contributed by atoms with Crippen LogP contribution in [0.15, 0.2) is 72.8 Å². The van der Waals surface area contributed by atoms with Gasteiger partial charge in [-0.2, -0.15) is 0 Å². The molecular weight excluding hydrogens is 731 g/mol. The summed E-state index contributed by atoms with van der Waals surface area (Å²) in [7, 11) is 13.2. The van der Waals surface area contributed by atoms with Gasteiger partial charge in [0.25, 0.3) is 0 Å². The number of hydrogen-bond donors (Lipinski definition) is 1. The van der Waals surface area contributed by atoms with Crippen molar-refractivity contribution in [2.24, 2.45) is 0 Å². The highest BCUT2D eigenvalue weighted by molar-refractivity contribution is 7.15. The third kappa shape index (κ3) is 10.2. The molecule has 56 heavy (non-hydrogen) atoms. The third-order valence-corrected chi connectivity index (χ3v) is 9.22. The Kier molecular flexibility index (Phi) is 18.1. The number of allylic oxidation sites excluding steroid dienone is 1. The maximum Gasteiger partial charge on any atom is 0.203 e. The first-order chi connectivity index (χ1) is 26.7. The van der Waals surface area contributed by atoms with Crippen LogP contribution in [0.5, 0.6) is 46.0 Å². The lowest BCUT2D eigenvalue weighted by molar-refractivity contribution is -0.114. The van der Waals surface area contributed by atoms with Crippen molar-refractivity contribution < 1.29 is 47.8 Å². The molecule has 0 heterocycles. The summed E-state index contributed by atoms with van der Waals surface area (Å²) >= 11 is 0. The van der Waals surface area contributed by atoms with Gasteiger partial charge in [-0.25, -0.2) is 0 Å². The van der Waals surface area contributed by atoms with Gasteiger partial charge in [0.2, 0.25) is 11.5 Å². The molecular formula is C45H59O10P. The van der Waals surface area contributed by atoms with E-state index in [0.29, 0.717) is 69.4 Å². The van der Waals surface area contributed by atoms with Gasteiger partial charge in [0.15, 0.2) is 28.8 Å².